The average molecular weight is 278 g/mol. The lowest BCUT2D eigenvalue weighted by Crippen LogP contribution is -2.27. The van der Waals surface area contributed by atoms with Gasteiger partial charge in [0.2, 0.25) is 0 Å². The van der Waals surface area contributed by atoms with Crippen molar-refractivity contribution in [1.29, 1.82) is 0 Å². The Kier molecular flexibility index (Phi) is 3.47. The summed E-state index contributed by atoms with van der Waals surface area (Å²) in [5.41, 5.74) is 5.34. The van der Waals surface area contributed by atoms with Crippen LogP contribution >= 0.6 is 0 Å². The topological polar surface area (TPSA) is 57.1 Å². The van der Waals surface area contributed by atoms with Gasteiger partial charge in [0.25, 0.3) is 0 Å². The highest BCUT2D eigenvalue weighted by Crippen LogP contribution is 2.19. The molecule has 0 aromatic heterocycles. The number of anilines is 2. The van der Waals surface area contributed by atoms with Crippen LogP contribution in [-0.2, 0) is 4.79 Å². The minimum atomic E-state index is -0.234. The lowest BCUT2D eigenvalue weighted by molar-refractivity contribution is -0.112. The molecule has 5 nitrogen and oxygen atoms in total. The van der Waals surface area contributed by atoms with E-state index in [4.69, 9.17) is 0 Å². The number of nitrogens with one attached hydrogen (secondary N) is 1. The molecule has 0 aliphatic carbocycles. The largest absolute Gasteiger partial charge is 0.301 e. The Labute approximate surface area is 122 Å². The maximum Gasteiger partial charge on any atom is 0.301 e. The van der Waals surface area contributed by atoms with Gasteiger partial charge in [-0.25, -0.2) is 0 Å². The first-order valence-corrected chi connectivity index (χ1v) is 6.59. The van der Waals surface area contributed by atoms with E-state index in [9.17, 15) is 4.79 Å². The molecular weight excluding hydrogens is 264 g/mol. The van der Waals surface area contributed by atoms with E-state index < -0.39 is 0 Å². The Morgan fingerprint density at radius 1 is 1.00 bits per heavy atom. The number of hydrazone groups is 2. The summed E-state index contributed by atoms with van der Waals surface area (Å²) >= 11 is 0. The lowest BCUT2D eigenvalue weighted by Gasteiger charge is -2.10. The fourth-order valence-electron chi connectivity index (χ4n) is 2.00. The molecule has 1 N–H and O–H groups in total. The highest BCUT2D eigenvalue weighted by Gasteiger charge is 2.30. The zero-order valence-electron chi connectivity index (χ0n) is 11.5. The van der Waals surface area contributed by atoms with E-state index in [1.54, 1.807) is 6.92 Å². The molecule has 2 aromatic carbocycles. The van der Waals surface area contributed by atoms with Gasteiger partial charge < -0.3 is 0 Å². The normalized spacial score (nSPS) is 16.2. The zero-order chi connectivity index (χ0) is 14.7. The monoisotopic (exact) mass is 278 g/mol. The molecule has 0 saturated carbocycles. The van der Waals surface area contributed by atoms with Gasteiger partial charge in [0, 0.05) is 0 Å². The number of para-hydroxylation sites is 2. The molecule has 1 aliphatic rings. The molecule has 0 fully saturated rings. The summed E-state index contributed by atoms with van der Waals surface area (Å²) in [6.07, 6.45) is 0. The van der Waals surface area contributed by atoms with Crippen molar-refractivity contribution in [1.82, 2.24) is 0 Å². The number of amides is 1. The number of benzene rings is 2. The fourth-order valence-corrected chi connectivity index (χ4v) is 2.00. The summed E-state index contributed by atoms with van der Waals surface area (Å²) in [4.78, 5) is 12.4. The highest BCUT2D eigenvalue weighted by molar-refractivity contribution is 6.71. The Hall–Kier alpha value is -2.95. The molecule has 21 heavy (non-hydrogen) atoms. The Morgan fingerprint density at radius 2 is 1.62 bits per heavy atom. The van der Waals surface area contributed by atoms with Crippen LogP contribution in [0, 0.1) is 0 Å². The summed E-state index contributed by atoms with van der Waals surface area (Å²) in [6.45, 7) is 1.77. The second kappa shape index (κ2) is 5.58. The Bertz CT molecular complexity index is 708. The highest BCUT2D eigenvalue weighted by atomic mass is 16.2. The second-order valence-corrected chi connectivity index (χ2v) is 4.58. The van der Waals surface area contributed by atoms with Gasteiger partial charge in [-0.15, -0.1) is 0 Å². The standard InChI is InChI=1S/C16H14N4O/c1-12-15(18-17-13-8-4-2-5-9-13)16(21)20(19-12)14-10-6-3-7-11-14/h2-11,17H,1H3/b18-15+. The lowest BCUT2D eigenvalue weighted by atomic mass is 10.2. The van der Waals surface area contributed by atoms with Gasteiger partial charge in [-0.2, -0.15) is 15.2 Å². The van der Waals surface area contributed by atoms with Crippen molar-refractivity contribution in [3.8, 4) is 0 Å². The Morgan fingerprint density at radius 3 is 2.29 bits per heavy atom. The van der Waals surface area contributed by atoms with Crippen LogP contribution in [0.4, 0.5) is 11.4 Å². The van der Waals surface area contributed by atoms with Crippen molar-refractivity contribution in [2.75, 3.05) is 10.4 Å². The molecule has 104 valence electrons. The van der Waals surface area contributed by atoms with Gasteiger partial charge in [-0.3, -0.25) is 10.2 Å². The molecule has 3 rings (SSSR count). The molecule has 5 heteroatoms. The van der Waals surface area contributed by atoms with E-state index in [1.165, 1.54) is 5.01 Å². The van der Waals surface area contributed by atoms with Gasteiger partial charge in [0.15, 0.2) is 5.71 Å². The van der Waals surface area contributed by atoms with Crippen LogP contribution in [0.25, 0.3) is 0 Å². The first-order valence-electron chi connectivity index (χ1n) is 6.59. The van der Waals surface area contributed by atoms with Gasteiger partial charge in [-0.1, -0.05) is 36.4 Å². The molecule has 0 unspecified atom stereocenters. The molecule has 1 aliphatic heterocycles. The van der Waals surface area contributed by atoms with E-state index >= 15 is 0 Å². The zero-order valence-corrected chi connectivity index (χ0v) is 11.5. The number of carbonyl (C=O) groups excluding carboxylic acids is 1. The number of carbonyl (C=O) groups is 1. The van der Waals surface area contributed by atoms with Crippen molar-refractivity contribution in [2.45, 2.75) is 6.92 Å². The van der Waals surface area contributed by atoms with E-state index in [0.717, 1.165) is 11.4 Å². The SMILES string of the molecule is CC1=NN(c2ccccc2)C(=O)/C1=N/Nc1ccccc1. The molecule has 1 amide bonds. The molecule has 0 bridgehead atoms. The van der Waals surface area contributed by atoms with Crippen LogP contribution in [0.2, 0.25) is 0 Å². The third kappa shape index (κ3) is 2.67. The molecule has 1 heterocycles. The Balaban J connectivity index is 1.82. The van der Waals surface area contributed by atoms with Crippen LogP contribution in [0.1, 0.15) is 6.92 Å². The van der Waals surface area contributed by atoms with Crippen LogP contribution in [-0.4, -0.2) is 17.3 Å². The minimum Gasteiger partial charge on any atom is -0.278 e. The number of rotatable bonds is 3. The fraction of sp³-hybridized carbons (Fsp3) is 0.0625. The predicted molar refractivity (Wildman–Crippen MR) is 84.5 cm³/mol. The first kappa shape index (κ1) is 13.1. The van der Waals surface area contributed by atoms with Crippen LogP contribution in [0.3, 0.4) is 0 Å². The van der Waals surface area contributed by atoms with Crippen molar-refractivity contribution >= 4 is 28.7 Å². The quantitative estimate of drug-likeness (QED) is 0.878. The van der Waals surface area contributed by atoms with E-state index in [1.807, 2.05) is 60.7 Å². The summed E-state index contributed by atoms with van der Waals surface area (Å²) in [6, 6.07) is 18.8. The second-order valence-electron chi connectivity index (χ2n) is 4.58. The van der Waals surface area contributed by atoms with Crippen molar-refractivity contribution < 1.29 is 4.79 Å². The third-order valence-electron chi connectivity index (χ3n) is 3.06. The van der Waals surface area contributed by atoms with Crippen LogP contribution < -0.4 is 10.4 Å². The molecule has 2 aromatic rings. The summed E-state index contributed by atoms with van der Waals surface area (Å²) in [7, 11) is 0. The third-order valence-corrected chi connectivity index (χ3v) is 3.06. The maximum absolute atomic E-state index is 12.4. The summed E-state index contributed by atoms with van der Waals surface area (Å²) in [5, 5.41) is 9.80. The summed E-state index contributed by atoms with van der Waals surface area (Å²) in [5.74, 6) is -0.234. The van der Waals surface area contributed by atoms with Gasteiger partial charge in [-0.05, 0) is 31.2 Å². The molecule has 0 saturated heterocycles. The molecule has 0 radical (unpaired) electrons. The van der Waals surface area contributed by atoms with Crippen molar-refractivity contribution in [3.05, 3.63) is 60.7 Å². The number of hydrogen-bond donors (Lipinski definition) is 1. The van der Waals surface area contributed by atoms with E-state index in [-0.39, 0.29) is 5.91 Å². The first-order chi connectivity index (χ1) is 10.3. The predicted octanol–water partition coefficient (Wildman–Crippen LogP) is 2.88. The van der Waals surface area contributed by atoms with Gasteiger partial charge >= 0.3 is 5.91 Å². The van der Waals surface area contributed by atoms with E-state index in [0.29, 0.717) is 11.4 Å². The number of nitrogens with zero attached hydrogens (tertiary/aromatic N) is 3. The van der Waals surface area contributed by atoms with Gasteiger partial charge in [0.05, 0.1) is 17.1 Å². The average Bonchev–Trinajstić information content (AvgIpc) is 2.82. The van der Waals surface area contributed by atoms with E-state index in [2.05, 4.69) is 15.6 Å². The van der Waals surface area contributed by atoms with Crippen molar-refractivity contribution in [3.63, 3.8) is 0 Å². The molecule has 0 atom stereocenters. The van der Waals surface area contributed by atoms with Crippen LogP contribution in [0.5, 0.6) is 0 Å². The minimum absolute atomic E-state index is 0.234. The maximum atomic E-state index is 12.4. The van der Waals surface area contributed by atoms with Crippen molar-refractivity contribution in [2.24, 2.45) is 10.2 Å². The molecular formula is C16H14N4O. The number of hydrogen-bond acceptors (Lipinski definition) is 4. The van der Waals surface area contributed by atoms with Gasteiger partial charge in [0.1, 0.15) is 0 Å². The smallest absolute Gasteiger partial charge is 0.278 e. The summed E-state index contributed by atoms with van der Waals surface area (Å²) < 4.78 is 0. The molecule has 0 spiro atoms. The van der Waals surface area contributed by atoms with Crippen LogP contribution in [0.15, 0.2) is 70.9 Å².